The molecule has 0 bridgehead atoms. The summed E-state index contributed by atoms with van der Waals surface area (Å²) >= 11 is 0. The zero-order chi connectivity index (χ0) is 18.9. The molecule has 7 N–H and O–H groups in total. The molecule has 0 aromatic heterocycles. The van der Waals surface area contributed by atoms with Crippen molar-refractivity contribution in [3.8, 4) is 0 Å². The standard InChI is InChI=1S/C14H26N4O6/c1-4-7(2)11(15)13(23)18-12(8(3)19)14(24)17-5-9(20)16-6-10(21)22/h7-8,11-12,19H,4-6,15H2,1-3H3,(H,16,20)(H,17,24)(H,18,23)(H,21,22). The van der Waals surface area contributed by atoms with Crippen molar-refractivity contribution in [1.82, 2.24) is 16.0 Å². The number of carbonyl (C=O) groups excluding carboxylic acids is 3. The smallest absolute Gasteiger partial charge is 0.322 e. The van der Waals surface area contributed by atoms with Gasteiger partial charge >= 0.3 is 5.97 Å². The summed E-state index contributed by atoms with van der Waals surface area (Å²) in [6, 6.07) is -2.11. The number of carboxylic acids is 1. The van der Waals surface area contributed by atoms with Gasteiger partial charge in [0.1, 0.15) is 12.6 Å². The second kappa shape index (κ2) is 10.6. The van der Waals surface area contributed by atoms with Gasteiger partial charge in [0, 0.05) is 0 Å². The number of rotatable bonds is 10. The summed E-state index contributed by atoms with van der Waals surface area (Å²) in [7, 11) is 0. The van der Waals surface area contributed by atoms with Gasteiger partial charge in [-0.2, -0.15) is 0 Å². The highest BCUT2D eigenvalue weighted by molar-refractivity contribution is 5.92. The lowest BCUT2D eigenvalue weighted by molar-refractivity contribution is -0.138. The number of hydrogen-bond donors (Lipinski definition) is 6. The molecule has 10 heteroatoms. The molecular weight excluding hydrogens is 320 g/mol. The maximum absolute atomic E-state index is 12.0. The molecule has 4 unspecified atom stereocenters. The van der Waals surface area contributed by atoms with Crippen LogP contribution in [0.4, 0.5) is 0 Å². The minimum atomic E-state index is -1.28. The number of aliphatic hydroxyl groups excluding tert-OH is 1. The molecule has 0 fully saturated rings. The Hall–Kier alpha value is -2.20. The Morgan fingerprint density at radius 2 is 1.62 bits per heavy atom. The third-order valence-electron chi connectivity index (χ3n) is 3.48. The van der Waals surface area contributed by atoms with Gasteiger partial charge < -0.3 is 31.9 Å². The summed E-state index contributed by atoms with van der Waals surface area (Å²) in [6.45, 7) is 3.91. The molecule has 0 rings (SSSR count). The number of nitrogens with one attached hydrogen (secondary N) is 3. The van der Waals surface area contributed by atoms with Crippen LogP contribution in [0.3, 0.4) is 0 Å². The van der Waals surface area contributed by atoms with Crippen molar-refractivity contribution in [3.05, 3.63) is 0 Å². The van der Waals surface area contributed by atoms with Crippen molar-refractivity contribution in [2.75, 3.05) is 13.1 Å². The van der Waals surface area contributed by atoms with Crippen LogP contribution in [0.2, 0.25) is 0 Å². The molecule has 3 amide bonds. The van der Waals surface area contributed by atoms with E-state index in [1.54, 1.807) is 6.92 Å². The molecule has 138 valence electrons. The fourth-order valence-electron chi connectivity index (χ4n) is 1.68. The van der Waals surface area contributed by atoms with E-state index in [2.05, 4.69) is 16.0 Å². The first-order valence-corrected chi connectivity index (χ1v) is 7.60. The van der Waals surface area contributed by atoms with Gasteiger partial charge in [-0.3, -0.25) is 19.2 Å². The Morgan fingerprint density at radius 3 is 2.08 bits per heavy atom. The van der Waals surface area contributed by atoms with Gasteiger partial charge in [0.2, 0.25) is 17.7 Å². The van der Waals surface area contributed by atoms with E-state index in [0.717, 1.165) is 0 Å². The van der Waals surface area contributed by atoms with Crippen LogP contribution in [0.25, 0.3) is 0 Å². The third-order valence-corrected chi connectivity index (χ3v) is 3.48. The van der Waals surface area contributed by atoms with Crippen LogP contribution >= 0.6 is 0 Å². The van der Waals surface area contributed by atoms with Gasteiger partial charge in [-0.15, -0.1) is 0 Å². The summed E-state index contributed by atoms with van der Waals surface area (Å²) in [5.74, 6) is -3.40. The highest BCUT2D eigenvalue weighted by Crippen LogP contribution is 2.06. The predicted octanol–water partition coefficient (Wildman–Crippen LogP) is -2.46. The van der Waals surface area contributed by atoms with Gasteiger partial charge in [0.05, 0.1) is 18.7 Å². The van der Waals surface area contributed by atoms with Crippen molar-refractivity contribution in [2.24, 2.45) is 11.7 Å². The van der Waals surface area contributed by atoms with Crippen molar-refractivity contribution < 1.29 is 29.4 Å². The number of amides is 3. The van der Waals surface area contributed by atoms with Crippen LogP contribution < -0.4 is 21.7 Å². The second-order valence-electron chi connectivity index (χ2n) is 5.53. The van der Waals surface area contributed by atoms with E-state index in [1.807, 2.05) is 6.92 Å². The molecule has 0 heterocycles. The van der Waals surface area contributed by atoms with Crippen LogP contribution in [0.15, 0.2) is 0 Å². The first kappa shape index (κ1) is 21.8. The minimum Gasteiger partial charge on any atom is -0.480 e. The number of aliphatic carboxylic acids is 1. The number of carbonyl (C=O) groups is 4. The van der Waals surface area contributed by atoms with Gasteiger partial charge in [-0.25, -0.2) is 0 Å². The normalized spacial score (nSPS) is 15.5. The topological polar surface area (TPSA) is 171 Å². The number of hydrogen-bond acceptors (Lipinski definition) is 6. The predicted molar refractivity (Wildman–Crippen MR) is 84.7 cm³/mol. The Kier molecular flexibility index (Phi) is 9.58. The SMILES string of the molecule is CCC(C)C(N)C(=O)NC(C(=O)NCC(=O)NCC(=O)O)C(C)O. The molecule has 0 saturated heterocycles. The first-order valence-electron chi connectivity index (χ1n) is 7.60. The zero-order valence-electron chi connectivity index (χ0n) is 14.0. The molecule has 0 saturated carbocycles. The number of carboxylic acid groups (broad SMARTS) is 1. The third kappa shape index (κ3) is 7.88. The molecule has 0 aliphatic rings. The molecule has 10 nitrogen and oxygen atoms in total. The molecule has 0 radical (unpaired) electrons. The monoisotopic (exact) mass is 346 g/mol. The maximum Gasteiger partial charge on any atom is 0.322 e. The van der Waals surface area contributed by atoms with Crippen LogP contribution in [0.5, 0.6) is 0 Å². The summed E-state index contributed by atoms with van der Waals surface area (Å²) in [4.78, 5) is 45.7. The second-order valence-corrected chi connectivity index (χ2v) is 5.53. The van der Waals surface area contributed by atoms with E-state index in [9.17, 15) is 24.3 Å². The summed E-state index contributed by atoms with van der Waals surface area (Å²) in [6.07, 6.45) is -0.538. The molecule has 0 spiro atoms. The highest BCUT2D eigenvalue weighted by atomic mass is 16.4. The fraction of sp³-hybridized carbons (Fsp3) is 0.714. The summed E-state index contributed by atoms with van der Waals surface area (Å²) in [5.41, 5.74) is 5.76. The Balaban J connectivity index is 4.60. The van der Waals surface area contributed by atoms with E-state index in [1.165, 1.54) is 6.92 Å². The number of nitrogens with two attached hydrogens (primary N) is 1. The highest BCUT2D eigenvalue weighted by Gasteiger charge is 2.29. The average Bonchev–Trinajstić information content (AvgIpc) is 2.53. The molecular formula is C14H26N4O6. The van der Waals surface area contributed by atoms with Crippen molar-refractivity contribution >= 4 is 23.7 Å². The van der Waals surface area contributed by atoms with Gasteiger partial charge in [-0.1, -0.05) is 20.3 Å². The lowest BCUT2D eigenvalue weighted by Crippen LogP contribution is -2.57. The maximum atomic E-state index is 12.0. The lowest BCUT2D eigenvalue weighted by Gasteiger charge is -2.24. The van der Waals surface area contributed by atoms with Crippen LogP contribution in [0.1, 0.15) is 27.2 Å². The zero-order valence-corrected chi connectivity index (χ0v) is 14.0. The van der Waals surface area contributed by atoms with Crippen LogP contribution in [0, 0.1) is 5.92 Å². The molecule has 0 aromatic rings. The van der Waals surface area contributed by atoms with E-state index in [4.69, 9.17) is 10.8 Å². The summed E-state index contributed by atoms with van der Waals surface area (Å²) in [5, 5.41) is 24.7. The molecule has 4 atom stereocenters. The van der Waals surface area contributed by atoms with Gasteiger partial charge in [0.15, 0.2) is 0 Å². The number of aliphatic hydroxyl groups is 1. The summed E-state index contributed by atoms with van der Waals surface area (Å²) < 4.78 is 0. The minimum absolute atomic E-state index is 0.107. The van der Waals surface area contributed by atoms with Gasteiger partial charge in [-0.05, 0) is 12.8 Å². The first-order chi connectivity index (χ1) is 11.1. The van der Waals surface area contributed by atoms with E-state index >= 15 is 0 Å². The molecule has 0 aliphatic carbocycles. The van der Waals surface area contributed by atoms with E-state index < -0.39 is 55.0 Å². The quantitative estimate of drug-likeness (QED) is 0.255. The van der Waals surface area contributed by atoms with Crippen molar-refractivity contribution in [2.45, 2.75) is 45.4 Å². The molecule has 24 heavy (non-hydrogen) atoms. The van der Waals surface area contributed by atoms with Crippen molar-refractivity contribution in [3.63, 3.8) is 0 Å². The van der Waals surface area contributed by atoms with E-state index in [-0.39, 0.29) is 5.92 Å². The van der Waals surface area contributed by atoms with Crippen LogP contribution in [-0.4, -0.2) is 65.2 Å². The van der Waals surface area contributed by atoms with Crippen LogP contribution in [-0.2, 0) is 19.2 Å². The Morgan fingerprint density at radius 1 is 1.04 bits per heavy atom. The van der Waals surface area contributed by atoms with Gasteiger partial charge in [0.25, 0.3) is 0 Å². The largest absolute Gasteiger partial charge is 0.480 e. The fourth-order valence-corrected chi connectivity index (χ4v) is 1.68. The lowest BCUT2D eigenvalue weighted by atomic mass is 9.99. The van der Waals surface area contributed by atoms with Crippen molar-refractivity contribution in [1.29, 1.82) is 0 Å². The van der Waals surface area contributed by atoms with E-state index in [0.29, 0.717) is 6.42 Å². The Bertz CT molecular complexity index is 468. The Labute approximate surface area is 140 Å². The average molecular weight is 346 g/mol. The molecule has 0 aliphatic heterocycles. The molecule has 0 aromatic carbocycles.